The van der Waals surface area contributed by atoms with E-state index in [2.05, 4.69) is 5.32 Å². The van der Waals surface area contributed by atoms with Crippen molar-refractivity contribution < 1.29 is 14.4 Å². The van der Waals surface area contributed by atoms with E-state index in [1.807, 2.05) is 30.3 Å². The van der Waals surface area contributed by atoms with E-state index in [-0.39, 0.29) is 6.42 Å². The average Bonchev–Trinajstić information content (AvgIpc) is 2.99. The Morgan fingerprint density at radius 3 is 2.00 bits per heavy atom. The maximum Gasteiger partial charge on any atom is 0.262 e. The predicted octanol–water partition coefficient (Wildman–Crippen LogP) is 4.19. The van der Waals surface area contributed by atoms with E-state index in [1.165, 1.54) is 0 Å². The number of nitrogens with one attached hydrogen (secondary N) is 1. The van der Waals surface area contributed by atoms with Gasteiger partial charge in [-0.2, -0.15) is 0 Å². The van der Waals surface area contributed by atoms with E-state index in [9.17, 15) is 14.4 Å². The number of anilines is 1. The average molecular weight is 405 g/mol. The minimum absolute atomic E-state index is 0.197. The van der Waals surface area contributed by atoms with Crippen molar-refractivity contribution in [3.8, 4) is 0 Å². The van der Waals surface area contributed by atoms with Gasteiger partial charge in [0.2, 0.25) is 5.91 Å². The highest BCUT2D eigenvalue weighted by Crippen LogP contribution is 2.27. The topological polar surface area (TPSA) is 66.5 Å². The standard InChI is InChI=1S/C23H17ClN2O3/c24-18-12-6-7-13-19(18)25-21(27)20(14-15-8-2-1-3-9-15)26-22(28)16-10-4-5-11-17(16)23(26)29/h1-13,20H,14H2,(H,25,27)/t20-/m0/s1. The van der Waals surface area contributed by atoms with Gasteiger partial charge in [0, 0.05) is 6.42 Å². The molecule has 1 N–H and O–H groups in total. The van der Waals surface area contributed by atoms with Crippen molar-refractivity contribution in [3.63, 3.8) is 0 Å². The lowest BCUT2D eigenvalue weighted by molar-refractivity contribution is -0.119. The van der Waals surface area contributed by atoms with Crippen LogP contribution in [-0.2, 0) is 11.2 Å². The predicted molar refractivity (Wildman–Crippen MR) is 111 cm³/mol. The third-order valence-corrected chi connectivity index (χ3v) is 5.17. The van der Waals surface area contributed by atoms with Crippen molar-refractivity contribution in [1.82, 2.24) is 4.90 Å². The summed E-state index contributed by atoms with van der Waals surface area (Å²) in [6.07, 6.45) is 0.197. The van der Waals surface area contributed by atoms with Crippen molar-refractivity contribution >= 4 is 35.0 Å². The summed E-state index contributed by atoms with van der Waals surface area (Å²) in [6.45, 7) is 0. The molecule has 0 aromatic heterocycles. The molecule has 1 aliphatic rings. The second kappa shape index (κ2) is 7.89. The van der Waals surface area contributed by atoms with Crippen molar-refractivity contribution in [3.05, 3.63) is 101 Å². The first-order valence-electron chi connectivity index (χ1n) is 9.12. The van der Waals surface area contributed by atoms with Crippen LogP contribution >= 0.6 is 11.6 Å². The number of benzene rings is 3. The Hall–Kier alpha value is -3.44. The summed E-state index contributed by atoms with van der Waals surface area (Å²) in [6, 6.07) is 21.7. The number of amides is 3. The van der Waals surface area contributed by atoms with E-state index >= 15 is 0 Å². The van der Waals surface area contributed by atoms with Crippen LogP contribution in [0.5, 0.6) is 0 Å². The zero-order valence-electron chi connectivity index (χ0n) is 15.3. The summed E-state index contributed by atoms with van der Waals surface area (Å²) in [5.41, 5.74) is 1.87. The number of carbonyl (C=O) groups is 3. The molecule has 5 nitrogen and oxygen atoms in total. The molecule has 3 aromatic rings. The second-order valence-corrected chi connectivity index (χ2v) is 7.11. The number of fused-ring (bicyclic) bond motifs is 1. The lowest BCUT2D eigenvalue weighted by Gasteiger charge is -2.25. The zero-order valence-corrected chi connectivity index (χ0v) is 16.1. The first kappa shape index (κ1) is 18.9. The van der Waals surface area contributed by atoms with Gasteiger partial charge in [-0.1, -0.05) is 66.2 Å². The molecule has 0 unspecified atom stereocenters. The molecule has 1 heterocycles. The zero-order chi connectivity index (χ0) is 20.4. The van der Waals surface area contributed by atoms with Crippen LogP contribution in [0.4, 0.5) is 5.69 Å². The maximum absolute atomic E-state index is 13.2. The molecule has 0 saturated carbocycles. The summed E-state index contributed by atoms with van der Waals surface area (Å²) >= 11 is 6.16. The number of carbonyl (C=O) groups excluding carboxylic acids is 3. The highest BCUT2D eigenvalue weighted by molar-refractivity contribution is 6.33. The molecule has 1 aliphatic heterocycles. The van der Waals surface area contributed by atoms with E-state index in [0.717, 1.165) is 10.5 Å². The summed E-state index contributed by atoms with van der Waals surface area (Å²) in [4.78, 5) is 40.2. The number of rotatable bonds is 5. The Morgan fingerprint density at radius 1 is 0.828 bits per heavy atom. The first-order chi connectivity index (χ1) is 14.1. The number of imide groups is 1. The van der Waals surface area contributed by atoms with Crippen LogP contribution in [0.2, 0.25) is 5.02 Å². The summed E-state index contributed by atoms with van der Waals surface area (Å²) in [7, 11) is 0. The van der Waals surface area contributed by atoms with Gasteiger partial charge in [0.25, 0.3) is 11.8 Å². The molecule has 0 bridgehead atoms. The fourth-order valence-corrected chi connectivity index (χ4v) is 3.59. The van der Waals surface area contributed by atoms with Gasteiger partial charge in [0.15, 0.2) is 0 Å². The third kappa shape index (κ3) is 3.65. The van der Waals surface area contributed by atoms with E-state index in [0.29, 0.717) is 21.8 Å². The Bertz CT molecular complexity index is 1060. The van der Waals surface area contributed by atoms with E-state index in [4.69, 9.17) is 11.6 Å². The molecule has 4 rings (SSSR count). The van der Waals surface area contributed by atoms with Gasteiger partial charge in [0.1, 0.15) is 6.04 Å². The van der Waals surface area contributed by atoms with E-state index < -0.39 is 23.8 Å². The quantitative estimate of drug-likeness (QED) is 0.648. The number of halogens is 1. The first-order valence-corrected chi connectivity index (χ1v) is 9.50. The molecule has 0 radical (unpaired) electrons. The molecule has 0 saturated heterocycles. The normalized spacial score (nSPS) is 13.9. The van der Waals surface area contributed by atoms with Crippen LogP contribution in [0.1, 0.15) is 26.3 Å². The Labute approximate surface area is 172 Å². The van der Waals surface area contributed by atoms with Gasteiger partial charge in [0.05, 0.1) is 21.8 Å². The molecule has 29 heavy (non-hydrogen) atoms. The third-order valence-electron chi connectivity index (χ3n) is 4.84. The van der Waals surface area contributed by atoms with Crippen molar-refractivity contribution in [2.45, 2.75) is 12.5 Å². The maximum atomic E-state index is 13.2. The van der Waals surface area contributed by atoms with Gasteiger partial charge in [-0.05, 0) is 29.8 Å². The van der Waals surface area contributed by atoms with Crippen LogP contribution < -0.4 is 5.32 Å². The molecule has 0 aliphatic carbocycles. The molecule has 0 fully saturated rings. The highest BCUT2D eigenvalue weighted by atomic mass is 35.5. The fraction of sp³-hybridized carbons (Fsp3) is 0.0870. The molecule has 1 atom stereocenters. The monoisotopic (exact) mass is 404 g/mol. The highest BCUT2D eigenvalue weighted by Gasteiger charge is 2.42. The van der Waals surface area contributed by atoms with Gasteiger partial charge in [-0.25, -0.2) is 0 Å². The minimum Gasteiger partial charge on any atom is -0.323 e. The molecular weight excluding hydrogens is 388 g/mol. The minimum atomic E-state index is -1.01. The smallest absolute Gasteiger partial charge is 0.262 e. The number of nitrogens with zero attached hydrogens (tertiary/aromatic N) is 1. The van der Waals surface area contributed by atoms with E-state index in [1.54, 1.807) is 48.5 Å². The Balaban J connectivity index is 1.69. The largest absolute Gasteiger partial charge is 0.323 e. The Kier molecular flexibility index (Phi) is 5.14. The van der Waals surface area contributed by atoms with Crippen LogP contribution in [0.15, 0.2) is 78.9 Å². The molecule has 3 aromatic carbocycles. The summed E-state index contributed by atoms with van der Waals surface area (Å²) in [5, 5.41) is 3.13. The van der Waals surface area contributed by atoms with Gasteiger partial charge >= 0.3 is 0 Å². The lowest BCUT2D eigenvalue weighted by Crippen LogP contribution is -2.48. The van der Waals surface area contributed by atoms with Gasteiger partial charge in [-0.15, -0.1) is 0 Å². The number of para-hydroxylation sites is 1. The molecule has 0 spiro atoms. The fourth-order valence-electron chi connectivity index (χ4n) is 3.41. The lowest BCUT2D eigenvalue weighted by atomic mass is 10.0. The summed E-state index contributed by atoms with van der Waals surface area (Å²) < 4.78 is 0. The van der Waals surface area contributed by atoms with Crippen molar-refractivity contribution in [2.24, 2.45) is 0 Å². The van der Waals surface area contributed by atoms with Crippen LogP contribution in [0.25, 0.3) is 0 Å². The SMILES string of the molecule is O=C(Nc1ccccc1Cl)[C@H](Cc1ccccc1)N1C(=O)c2ccccc2C1=O. The molecule has 6 heteroatoms. The van der Waals surface area contributed by atoms with Gasteiger partial charge < -0.3 is 5.32 Å². The second-order valence-electron chi connectivity index (χ2n) is 6.70. The number of hydrogen-bond acceptors (Lipinski definition) is 3. The molecular formula is C23H17ClN2O3. The van der Waals surface area contributed by atoms with Gasteiger partial charge in [-0.3, -0.25) is 19.3 Å². The number of hydrogen-bond donors (Lipinski definition) is 1. The molecule has 3 amide bonds. The molecule has 144 valence electrons. The van der Waals surface area contributed by atoms with Crippen LogP contribution in [0.3, 0.4) is 0 Å². The van der Waals surface area contributed by atoms with Crippen molar-refractivity contribution in [2.75, 3.05) is 5.32 Å². The van der Waals surface area contributed by atoms with Crippen LogP contribution in [-0.4, -0.2) is 28.7 Å². The summed E-state index contributed by atoms with van der Waals surface area (Å²) in [5.74, 6) is -1.42. The van der Waals surface area contributed by atoms with Crippen LogP contribution in [0, 0.1) is 0 Å². The Morgan fingerprint density at radius 2 is 1.38 bits per heavy atom. The van der Waals surface area contributed by atoms with Crippen molar-refractivity contribution in [1.29, 1.82) is 0 Å².